The Hall–Kier alpha value is -4.71. The monoisotopic (exact) mass is 503 g/mol. The van der Waals surface area contributed by atoms with Crippen LogP contribution >= 0.6 is 0 Å². The Bertz CT molecular complexity index is 1510. The number of benzene rings is 1. The van der Waals surface area contributed by atoms with Gasteiger partial charge in [-0.25, -0.2) is 19.4 Å². The van der Waals surface area contributed by atoms with Crippen LogP contribution in [0.25, 0.3) is 16.6 Å². The number of halogens is 1. The lowest BCUT2D eigenvalue weighted by Gasteiger charge is -2.35. The van der Waals surface area contributed by atoms with Crippen LogP contribution in [0.4, 0.5) is 16.2 Å². The van der Waals surface area contributed by atoms with Gasteiger partial charge in [-0.3, -0.25) is 14.2 Å². The number of hydrogen-bond acceptors (Lipinski definition) is 8. The van der Waals surface area contributed by atoms with Crippen LogP contribution in [-0.2, 0) is 4.79 Å². The van der Waals surface area contributed by atoms with Crippen molar-refractivity contribution in [2.75, 3.05) is 43.1 Å². The second kappa shape index (κ2) is 9.06. The zero-order valence-electron chi connectivity index (χ0n) is 20.0. The fourth-order valence-electron chi connectivity index (χ4n) is 4.72. The van der Waals surface area contributed by atoms with Crippen molar-refractivity contribution in [3.05, 3.63) is 78.9 Å². The molecule has 12 heteroatoms. The first kappa shape index (κ1) is 22.7. The number of carbonyl (C=O) groups excluding carboxylic acids is 2. The third kappa shape index (κ3) is 3.87. The maximum absolute atomic E-state index is 14.9. The number of imidazole rings is 1. The molecule has 6 rings (SSSR count). The molecule has 0 saturated carbocycles. The lowest BCUT2D eigenvalue weighted by molar-refractivity contribution is -0.126. The maximum Gasteiger partial charge on any atom is 0.295 e. The van der Waals surface area contributed by atoms with Gasteiger partial charge < -0.3 is 20.2 Å². The molecule has 1 fully saturated rings. The number of Topliss-reactive ketones (excluding diaryl/α,β-unsaturated/α-hetero) is 1. The molecule has 1 aromatic carbocycles. The van der Waals surface area contributed by atoms with Crippen LogP contribution in [0, 0.1) is 5.82 Å². The number of piperazine rings is 1. The molecule has 3 aromatic heterocycles. The number of carbonyl (C=O) groups is 2. The van der Waals surface area contributed by atoms with Crippen molar-refractivity contribution >= 4 is 34.4 Å². The number of fused-ring (bicyclic) bond motifs is 1. The molecule has 2 N–H and O–H groups in total. The second-order valence-corrected chi connectivity index (χ2v) is 8.74. The minimum absolute atomic E-state index is 0. The fourth-order valence-corrected chi connectivity index (χ4v) is 4.72. The van der Waals surface area contributed by atoms with E-state index in [1.165, 1.54) is 11.1 Å². The van der Waals surface area contributed by atoms with E-state index in [9.17, 15) is 14.0 Å². The summed E-state index contributed by atoms with van der Waals surface area (Å²) in [5.41, 5.74) is 4.26. The van der Waals surface area contributed by atoms with Crippen LogP contribution in [0.2, 0.25) is 0 Å². The summed E-state index contributed by atoms with van der Waals surface area (Å²) in [5, 5.41) is 3.35. The number of rotatable bonds is 5. The van der Waals surface area contributed by atoms with Gasteiger partial charge in [0.25, 0.3) is 11.7 Å². The van der Waals surface area contributed by atoms with E-state index >= 15 is 0 Å². The van der Waals surface area contributed by atoms with Crippen molar-refractivity contribution in [1.82, 2.24) is 35.0 Å². The van der Waals surface area contributed by atoms with Gasteiger partial charge in [-0.05, 0) is 12.1 Å². The minimum atomic E-state index is -0.759. The number of hydrogen-bond donors (Lipinski definition) is 2. The van der Waals surface area contributed by atoms with E-state index in [1.54, 1.807) is 35.8 Å². The second-order valence-electron chi connectivity index (χ2n) is 8.74. The Balaban J connectivity index is 0.00000294. The van der Waals surface area contributed by atoms with E-state index in [1.807, 2.05) is 41.1 Å². The molecule has 190 valence electrons. The van der Waals surface area contributed by atoms with E-state index in [0.29, 0.717) is 37.5 Å². The zero-order chi connectivity index (χ0) is 25.5. The first-order valence-electron chi connectivity index (χ1n) is 11.8. The van der Waals surface area contributed by atoms with Gasteiger partial charge in [-0.2, -0.15) is 0 Å². The number of pyridine rings is 1. The van der Waals surface area contributed by atoms with E-state index in [2.05, 4.69) is 25.3 Å². The van der Waals surface area contributed by atoms with Gasteiger partial charge in [0, 0.05) is 71.3 Å². The molecule has 1 amide bonds. The molecule has 1 saturated heterocycles. The Morgan fingerprint density at radius 2 is 1.86 bits per heavy atom. The first-order chi connectivity index (χ1) is 18.0. The van der Waals surface area contributed by atoms with Crippen LogP contribution in [0.15, 0.2) is 67.5 Å². The van der Waals surface area contributed by atoms with Gasteiger partial charge in [-0.1, -0.05) is 18.2 Å². The number of anilines is 2. The van der Waals surface area contributed by atoms with Gasteiger partial charge in [0.2, 0.25) is 5.95 Å². The number of nitrogens with one attached hydrogen (secondary N) is 2. The van der Waals surface area contributed by atoms with Crippen molar-refractivity contribution in [1.29, 1.82) is 0 Å². The number of H-pyrrole nitrogens is 1. The molecule has 5 heterocycles. The molecule has 2 aliphatic heterocycles. The summed E-state index contributed by atoms with van der Waals surface area (Å²) in [7, 11) is 1.77. The number of para-hydroxylation sites is 1. The van der Waals surface area contributed by atoms with Crippen molar-refractivity contribution in [3.8, 4) is 5.69 Å². The number of hydrazine groups is 2. The first-order valence-corrected chi connectivity index (χ1v) is 11.8. The average molecular weight is 504 g/mol. The highest BCUT2D eigenvalue weighted by Gasteiger charge is 2.31. The van der Waals surface area contributed by atoms with E-state index in [0.717, 1.165) is 17.8 Å². The summed E-state index contributed by atoms with van der Waals surface area (Å²) in [6, 6.07) is 9.88. The number of nitrogens with zero attached hydrogens (tertiary/aromatic N) is 7. The Morgan fingerprint density at radius 3 is 2.59 bits per heavy atom. The SMILES string of the molecule is CN1NC=CN1c1ncc(F)c2c(C(=O)C(=O)N3CCN(c4nccn4-c4ccccc4)CC3)c[nH]c12.[HH]. The van der Waals surface area contributed by atoms with Gasteiger partial charge in [-0.15, -0.1) is 5.12 Å². The molecule has 4 aromatic rings. The number of ketones is 1. The Kier molecular flexibility index (Phi) is 5.57. The van der Waals surface area contributed by atoms with Crippen LogP contribution in [-0.4, -0.2) is 74.5 Å². The number of aromatic amines is 1. The van der Waals surface area contributed by atoms with Gasteiger partial charge in [0.15, 0.2) is 11.6 Å². The standard InChI is InChI=1S/C25H24FN9O2.H2/c1-31-30-8-10-35(31)23-21-20(19(26)16-29-23)18(15-28-21)22(36)24(37)32-11-13-33(14-12-32)25-27-7-9-34(25)17-5-3-2-4-6-17;/h2-10,15-16,28,30H,11-14H2,1H3;1H. The highest BCUT2D eigenvalue weighted by molar-refractivity contribution is 6.45. The highest BCUT2D eigenvalue weighted by Crippen LogP contribution is 2.30. The third-order valence-corrected chi connectivity index (χ3v) is 6.60. The molecule has 0 radical (unpaired) electrons. The largest absolute Gasteiger partial charge is 0.357 e. The quantitative estimate of drug-likeness (QED) is 0.316. The van der Waals surface area contributed by atoms with E-state index in [-0.39, 0.29) is 12.4 Å². The molecular formula is C25H26FN9O2. The van der Waals surface area contributed by atoms with E-state index < -0.39 is 17.5 Å². The minimum Gasteiger partial charge on any atom is -0.357 e. The number of amides is 1. The topological polar surface area (TPSA) is 106 Å². The van der Waals surface area contributed by atoms with Crippen LogP contribution in [0.5, 0.6) is 0 Å². The summed E-state index contributed by atoms with van der Waals surface area (Å²) in [4.78, 5) is 41.6. The van der Waals surface area contributed by atoms with Crippen LogP contribution in [0.1, 0.15) is 11.8 Å². The smallest absolute Gasteiger partial charge is 0.295 e. The Morgan fingerprint density at radius 1 is 1.08 bits per heavy atom. The van der Waals surface area contributed by atoms with Crippen LogP contribution in [0.3, 0.4) is 0 Å². The predicted octanol–water partition coefficient (Wildman–Crippen LogP) is 2.31. The summed E-state index contributed by atoms with van der Waals surface area (Å²) in [6.07, 6.45) is 9.48. The zero-order valence-corrected chi connectivity index (χ0v) is 20.0. The Labute approximate surface area is 212 Å². The maximum atomic E-state index is 14.9. The normalized spacial score (nSPS) is 16.0. The molecule has 11 nitrogen and oxygen atoms in total. The molecular weight excluding hydrogens is 477 g/mol. The summed E-state index contributed by atoms with van der Waals surface area (Å²) in [5.74, 6) is -0.921. The molecule has 0 atom stereocenters. The van der Waals surface area contributed by atoms with Gasteiger partial charge in [0.05, 0.1) is 22.7 Å². The molecule has 0 spiro atoms. The van der Waals surface area contributed by atoms with Crippen molar-refractivity contribution in [2.45, 2.75) is 0 Å². The lowest BCUT2D eigenvalue weighted by atomic mass is 10.1. The summed E-state index contributed by atoms with van der Waals surface area (Å²) in [6.45, 7) is 1.72. The van der Waals surface area contributed by atoms with Gasteiger partial charge in [0.1, 0.15) is 0 Å². The van der Waals surface area contributed by atoms with Gasteiger partial charge >= 0.3 is 0 Å². The molecule has 0 bridgehead atoms. The molecule has 2 aliphatic rings. The fraction of sp³-hybridized carbons (Fsp3) is 0.200. The predicted molar refractivity (Wildman–Crippen MR) is 137 cm³/mol. The molecule has 37 heavy (non-hydrogen) atoms. The average Bonchev–Trinajstić information content (AvgIpc) is 3.69. The van der Waals surface area contributed by atoms with Crippen molar-refractivity contribution < 1.29 is 15.4 Å². The number of aromatic nitrogens is 4. The summed E-state index contributed by atoms with van der Waals surface area (Å²) < 4.78 is 16.8. The summed E-state index contributed by atoms with van der Waals surface area (Å²) >= 11 is 0. The van der Waals surface area contributed by atoms with Crippen molar-refractivity contribution in [2.24, 2.45) is 0 Å². The highest BCUT2D eigenvalue weighted by atomic mass is 19.1. The molecule has 0 unspecified atom stereocenters. The van der Waals surface area contributed by atoms with Crippen molar-refractivity contribution in [3.63, 3.8) is 0 Å². The third-order valence-electron chi connectivity index (χ3n) is 6.60. The van der Waals surface area contributed by atoms with E-state index in [4.69, 9.17) is 0 Å². The molecule has 0 aliphatic carbocycles. The van der Waals surface area contributed by atoms with Crippen LogP contribution < -0.4 is 15.3 Å². The lowest BCUT2D eigenvalue weighted by Crippen LogP contribution is -2.51.